The minimum absolute atomic E-state index is 0.267. The van der Waals surface area contributed by atoms with E-state index in [0.717, 1.165) is 0 Å². The molecule has 0 bridgehead atoms. The number of carboxylic acid groups (broad SMARTS) is 1. The lowest BCUT2D eigenvalue weighted by atomic mass is 10.1. The number of benzene rings is 1. The summed E-state index contributed by atoms with van der Waals surface area (Å²) in [5, 5.41) is 11.0. The zero-order valence-corrected chi connectivity index (χ0v) is 12.4. The lowest BCUT2D eigenvalue weighted by molar-refractivity contribution is -0.310. The monoisotopic (exact) mass is 290 g/mol. The molecule has 0 unspecified atom stereocenters. The molecule has 1 saturated heterocycles. The maximum Gasteiger partial charge on any atom is 0.254 e. The summed E-state index contributed by atoms with van der Waals surface area (Å²) in [4.78, 5) is 24.7. The Kier molecular flexibility index (Phi) is 4.83. The molecule has 0 radical (unpaired) electrons. The number of rotatable bonds is 5. The maximum atomic E-state index is 12.3. The minimum atomic E-state index is -1.18. The summed E-state index contributed by atoms with van der Waals surface area (Å²) in [5.74, 6) is -0.312. The molecule has 1 heterocycles. The maximum absolute atomic E-state index is 12.3. The number of carboxylic acids is 1. The first-order valence-electron chi connectivity index (χ1n) is 7.23. The van der Waals surface area contributed by atoms with E-state index < -0.39 is 12.0 Å². The van der Waals surface area contributed by atoms with Crippen molar-refractivity contribution in [2.45, 2.75) is 32.7 Å². The third-order valence-corrected chi connectivity index (χ3v) is 3.47. The molecule has 1 fully saturated rings. The van der Waals surface area contributed by atoms with E-state index in [1.165, 1.54) is 4.90 Å². The molecule has 1 aliphatic heterocycles. The van der Waals surface area contributed by atoms with Gasteiger partial charge in [-0.15, -0.1) is 0 Å². The van der Waals surface area contributed by atoms with Crippen molar-refractivity contribution in [3.8, 4) is 5.75 Å². The first-order valence-corrected chi connectivity index (χ1v) is 7.23. The number of amides is 1. The SMILES string of the molecule is CC(C)COc1ccc(C(=O)N2CCC[C@@H]2C(=O)[O-])cc1. The lowest BCUT2D eigenvalue weighted by Crippen LogP contribution is -2.46. The highest BCUT2D eigenvalue weighted by atomic mass is 16.5. The van der Waals surface area contributed by atoms with Crippen LogP contribution in [0.3, 0.4) is 0 Å². The van der Waals surface area contributed by atoms with E-state index in [1.807, 2.05) is 0 Å². The van der Waals surface area contributed by atoms with Gasteiger partial charge in [-0.2, -0.15) is 0 Å². The van der Waals surface area contributed by atoms with Gasteiger partial charge in [-0.3, -0.25) is 4.79 Å². The Labute approximate surface area is 124 Å². The smallest absolute Gasteiger partial charge is 0.254 e. The molecule has 1 atom stereocenters. The number of hydrogen-bond acceptors (Lipinski definition) is 4. The van der Waals surface area contributed by atoms with Crippen LogP contribution in [-0.4, -0.2) is 36.0 Å². The van der Waals surface area contributed by atoms with Gasteiger partial charge in [0.15, 0.2) is 0 Å². The van der Waals surface area contributed by atoms with Gasteiger partial charge in [0.05, 0.1) is 18.6 Å². The van der Waals surface area contributed by atoms with Crippen LogP contribution in [0, 0.1) is 5.92 Å². The van der Waals surface area contributed by atoms with Crippen molar-refractivity contribution >= 4 is 11.9 Å². The second-order valence-corrected chi connectivity index (χ2v) is 5.70. The Bertz CT molecular complexity index is 510. The van der Waals surface area contributed by atoms with Gasteiger partial charge in [0.2, 0.25) is 0 Å². The van der Waals surface area contributed by atoms with Crippen LogP contribution in [0.5, 0.6) is 5.75 Å². The van der Waals surface area contributed by atoms with Crippen molar-refractivity contribution < 1.29 is 19.4 Å². The zero-order valence-electron chi connectivity index (χ0n) is 12.4. The molecule has 21 heavy (non-hydrogen) atoms. The van der Waals surface area contributed by atoms with E-state index in [4.69, 9.17) is 4.74 Å². The van der Waals surface area contributed by atoms with Crippen molar-refractivity contribution in [3.05, 3.63) is 29.8 Å². The summed E-state index contributed by atoms with van der Waals surface area (Å²) in [7, 11) is 0. The van der Waals surface area contributed by atoms with E-state index in [2.05, 4.69) is 13.8 Å². The largest absolute Gasteiger partial charge is 0.548 e. The Morgan fingerprint density at radius 3 is 2.57 bits per heavy atom. The fourth-order valence-electron chi connectivity index (χ4n) is 2.38. The van der Waals surface area contributed by atoms with Crippen LogP contribution in [0.4, 0.5) is 0 Å². The third kappa shape index (κ3) is 3.74. The molecule has 114 valence electrons. The molecule has 0 spiro atoms. The van der Waals surface area contributed by atoms with Gasteiger partial charge in [-0.1, -0.05) is 13.8 Å². The van der Waals surface area contributed by atoms with Crippen LogP contribution in [0.2, 0.25) is 0 Å². The van der Waals surface area contributed by atoms with E-state index in [9.17, 15) is 14.7 Å². The first-order chi connectivity index (χ1) is 9.99. The van der Waals surface area contributed by atoms with Crippen LogP contribution < -0.4 is 9.84 Å². The van der Waals surface area contributed by atoms with Crippen LogP contribution >= 0.6 is 0 Å². The van der Waals surface area contributed by atoms with Crippen LogP contribution in [0.25, 0.3) is 0 Å². The average molecular weight is 290 g/mol. The topological polar surface area (TPSA) is 69.7 Å². The number of carbonyl (C=O) groups excluding carboxylic acids is 2. The summed E-state index contributed by atoms with van der Waals surface area (Å²) in [6, 6.07) is 6.00. The molecular formula is C16H20NO4-. The second kappa shape index (κ2) is 6.61. The van der Waals surface area contributed by atoms with Crippen LogP contribution in [0.15, 0.2) is 24.3 Å². The molecule has 5 heteroatoms. The highest BCUT2D eigenvalue weighted by Crippen LogP contribution is 2.21. The fraction of sp³-hybridized carbons (Fsp3) is 0.500. The van der Waals surface area contributed by atoms with E-state index in [0.29, 0.717) is 43.2 Å². The number of ether oxygens (including phenoxy) is 1. The van der Waals surface area contributed by atoms with E-state index >= 15 is 0 Å². The molecule has 2 rings (SSSR count). The van der Waals surface area contributed by atoms with Gasteiger partial charge >= 0.3 is 0 Å². The molecule has 1 aliphatic rings. The van der Waals surface area contributed by atoms with E-state index in [-0.39, 0.29) is 5.91 Å². The Morgan fingerprint density at radius 2 is 2.00 bits per heavy atom. The second-order valence-electron chi connectivity index (χ2n) is 5.70. The van der Waals surface area contributed by atoms with Crippen molar-refractivity contribution in [2.75, 3.05) is 13.2 Å². The number of hydrogen-bond donors (Lipinski definition) is 0. The average Bonchev–Trinajstić information content (AvgIpc) is 2.94. The molecule has 5 nitrogen and oxygen atoms in total. The quantitative estimate of drug-likeness (QED) is 0.813. The molecule has 0 aliphatic carbocycles. The third-order valence-electron chi connectivity index (χ3n) is 3.47. The lowest BCUT2D eigenvalue weighted by Gasteiger charge is -2.25. The molecular weight excluding hydrogens is 270 g/mol. The molecule has 1 aromatic rings. The molecule has 0 aromatic heterocycles. The Balaban J connectivity index is 2.04. The summed E-state index contributed by atoms with van der Waals surface area (Å²) in [6.07, 6.45) is 1.16. The zero-order chi connectivity index (χ0) is 15.4. The van der Waals surface area contributed by atoms with Gasteiger partial charge in [0.1, 0.15) is 5.75 Å². The van der Waals surface area contributed by atoms with Crippen molar-refractivity contribution in [1.82, 2.24) is 4.90 Å². The normalized spacial score (nSPS) is 18.0. The minimum Gasteiger partial charge on any atom is -0.548 e. The number of carbonyl (C=O) groups is 2. The van der Waals surface area contributed by atoms with Crippen molar-refractivity contribution in [2.24, 2.45) is 5.92 Å². The molecule has 0 N–H and O–H groups in total. The Hall–Kier alpha value is -2.04. The van der Waals surface area contributed by atoms with Crippen molar-refractivity contribution in [1.29, 1.82) is 0 Å². The number of aliphatic carboxylic acids is 1. The van der Waals surface area contributed by atoms with Crippen LogP contribution in [-0.2, 0) is 4.79 Å². The predicted octanol–water partition coefficient (Wildman–Crippen LogP) is 1.08. The number of likely N-dealkylation sites (tertiary alicyclic amines) is 1. The fourth-order valence-corrected chi connectivity index (χ4v) is 2.38. The Morgan fingerprint density at radius 1 is 1.33 bits per heavy atom. The van der Waals surface area contributed by atoms with Gasteiger partial charge < -0.3 is 19.5 Å². The molecule has 1 aromatic carbocycles. The first kappa shape index (κ1) is 15.4. The van der Waals surface area contributed by atoms with Crippen LogP contribution in [0.1, 0.15) is 37.0 Å². The summed E-state index contributed by atoms with van der Waals surface area (Å²) >= 11 is 0. The van der Waals surface area contributed by atoms with E-state index in [1.54, 1.807) is 24.3 Å². The summed E-state index contributed by atoms with van der Waals surface area (Å²) in [6.45, 7) is 5.20. The highest BCUT2D eigenvalue weighted by Gasteiger charge is 2.30. The summed E-state index contributed by atoms with van der Waals surface area (Å²) in [5.41, 5.74) is 0.472. The van der Waals surface area contributed by atoms with Gasteiger partial charge in [-0.25, -0.2) is 0 Å². The predicted molar refractivity (Wildman–Crippen MR) is 75.8 cm³/mol. The van der Waals surface area contributed by atoms with Crippen molar-refractivity contribution in [3.63, 3.8) is 0 Å². The standard InChI is InChI=1S/C16H21NO4/c1-11(2)10-21-13-7-5-12(6-8-13)15(18)17-9-3-4-14(17)16(19)20/h5-8,11,14H,3-4,9-10H2,1-2H3,(H,19,20)/p-1/t14-/m1/s1. The summed E-state index contributed by atoms with van der Waals surface area (Å²) < 4.78 is 5.56. The van der Waals surface area contributed by atoms with Gasteiger partial charge in [0, 0.05) is 12.1 Å². The molecule has 1 amide bonds. The number of nitrogens with zero attached hydrogens (tertiary/aromatic N) is 1. The van der Waals surface area contributed by atoms with Gasteiger partial charge in [-0.05, 0) is 43.0 Å². The molecule has 0 saturated carbocycles. The van der Waals surface area contributed by atoms with Gasteiger partial charge in [0.25, 0.3) is 5.91 Å². The highest BCUT2D eigenvalue weighted by molar-refractivity contribution is 5.96.